The Hall–Kier alpha value is -1.57. The fourth-order valence-corrected chi connectivity index (χ4v) is 1.95. The highest BCUT2D eigenvalue weighted by molar-refractivity contribution is 14.1. The number of nitrogens with zero attached hydrogens (tertiary/aromatic N) is 2. The molecule has 0 aliphatic heterocycles. The molecule has 1 heterocycles. The Morgan fingerprint density at radius 3 is 2.78 bits per heavy atom. The number of halogens is 1. The number of rotatable bonds is 4. The van der Waals surface area contributed by atoms with Crippen LogP contribution in [0.4, 0.5) is 5.82 Å². The first-order chi connectivity index (χ1) is 8.74. The minimum Gasteiger partial charge on any atom is -0.489 e. The molecular weight excluding hydrogens is 345 g/mol. The van der Waals surface area contributed by atoms with Crippen molar-refractivity contribution in [2.75, 3.05) is 19.5 Å². The molecule has 0 spiro atoms. The molecule has 0 bridgehead atoms. The van der Waals surface area contributed by atoms with E-state index in [1.807, 2.05) is 24.3 Å². The molecule has 0 aliphatic carbocycles. The van der Waals surface area contributed by atoms with E-state index in [2.05, 4.69) is 37.9 Å². The van der Waals surface area contributed by atoms with Crippen LogP contribution in [0.15, 0.2) is 30.6 Å². The van der Waals surface area contributed by atoms with Crippen molar-refractivity contribution in [3.05, 3.63) is 34.2 Å². The molecule has 18 heavy (non-hydrogen) atoms. The maximum absolute atomic E-state index is 5.70. The van der Waals surface area contributed by atoms with Crippen molar-refractivity contribution in [1.82, 2.24) is 9.97 Å². The van der Waals surface area contributed by atoms with Gasteiger partial charge < -0.3 is 14.8 Å². The van der Waals surface area contributed by atoms with E-state index < -0.39 is 0 Å². The van der Waals surface area contributed by atoms with Crippen LogP contribution in [0.2, 0.25) is 0 Å². The molecule has 2 rings (SSSR count). The summed E-state index contributed by atoms with van der Waals surface area (Å²) in [5, 5.41) is 2.93. The molecule has 5 nitrogen and oxygen atoms in total. The summed E-state index contributed by atoms with van der Waals surface area (Å²) in [6, 6.07) is 7.69. The van der Waals surface area contributed by atoms with Crippen LogP contribution in [-0.2, 0) is 0 Å². The molecule has 0 fully saturated rings. The molecular formula is C12H12IN3O2. The fraction of sp³-hybridized carbons (Fsp3) is 0.167. The SMILES string of the molecule is CNc1ncnc(Oc2cccc(I)c2)c1OC. The summed E-state index contributed by atoms with van der Waals surface area (Å²) in [6.07, 6.45) is 1.43. The summed E-state index contributed by atoms with van der Waals surface area (Å²) in [7, 11) is 3.32. The molecule has 1 N–H and O–H groups in total. The van der Waals surface area contributed by atoms with Gasteiger partial charge in [0.25, 0.3) is 5.88 Å². The molecule has 0 aliphatic rings. The lowest BCUT2D eigenvalue weighted by Gasteiger charge is -2.11. The highest BCUT2D eigenvalue weighted by Gasteiger charge is 2.13. The van der Waals surface area contributed by atoms with Gasteiger partial charge in [-0.3, -0.25) is 0 Å². The third-order valence-corrected chi connectivity index (χ3v) is 2.89. The van der Waals surface area contributed by atoms with Gasteiger partial charge in [-0.25, -0.2) is 4.98 Å². The van der Waals surface area contributed by atoms with E-state index in [-0.39, 0.29) is 0 Å². The Labute approximate surface area is 119 Å². The predicted octanol–water partition coefficient (Wildman–Crippen LogP) is 2.92. The van der Waals surface area contributed by atoms with Crippen LogP contribution in [-0.4, -0.2) is 24.1 Å². The van der Waals surface area contributed by atoms with Crippen molar-refractivity contribution in [1.29, 1.82) is 0 Å². The van der Waals surface area contributed by atoms with Gasteiger partial charge in [0.05, 0.1) is 7.11 Å². The second-order valence-electron chi connectivity index (χ2n) is 3.37. The van der Waals surface area contributed by atoms with E-state index in [1.54, 1.807) is 14.2 Å². The highest BCUT2D eigenvalue weighted by Crippen LogP contribution is 2.33. The van der Waals surface area contributed by atoms with Crippen molar-refractivity contribution in [3.8, 4) is 17.4 Å². The Morgan fingerprint density at radius 1 is 1.28 bits per heavy atom. The summed E-state index contributed by atoms with van der Waals surface area (Å²) in [5.74, 6) is 2.17. The zero-order valence-corrected chi connectivity index (χ0v) is 12.1. The number of aromatic nitrogens is 2. The third-order valence-electron chi connectivity index (χ3n) is 2.22. The van der Waals surface area contributed by atoms with E-state index in [9.17, 15) is 0 Å². The number of nitrogens with one attached hydrogen (secondary N) is 1. The fourth-order valence-electron chi connectivity index (χ4n) is 1.43. The van der Waals surface area contributed by atoms with Crippen molar-refractivity contribution >= 4 is 28.4 Å². The van der Waals surface area contributed by atoms with Gasteiger partial charge in [-0.05, 0) is 40.8 Å². The van der Waals surface area contributed by atoms with E-state index >= 15 is 0 Å². The molecule has 0 saturated heterocycles. The van der Waals surface area contributed by atoms with Crippen molar-refractivity contribution < 1.29 is 9.47 Å². The quantitative estimate of drug-likeness (QED) is 0.853. The third kappa shape index (κ3) is 2.81. The topological polar surface area (TPSA) is 56.3 Å². The molecule has 6 heteroatoms. The van der Waals surface area contributed by atoms with Gasteiger partial charge in [0.15, 0.2) is 5.82 Å². The molecule has 0 saturated carbocycles. The van der Waals surface area contributed by atoms with Crippen molar-refractivity contribution in [2.24, 2.45) is 0 Å². The van der Waals surface area contributed by atoms with Crippen LogP contribution in [0.5, 0.6) is 17.4 Å². The normalized spacial score (nSPS) is 9.94. The second-order valence-corrected chi connectivity index (χ2v) is 4.62. The van der Waals surface area contributed by atoms with E-state index in [1.165, 1.54) is 6.33 Å². The lowest BCUT2D eigenvalue weighted by Crippen LogP contribution is -2.00. The zero-order valence-electron chi connectivity index (χ0n) is 9.98. The molecule has 0 radical (unpaired) electrons. The lowest BCUT2D eigenvalue weighted by molar-refractivity contribution is 0.369. The number of benzene rings is 1. The first-order valence-corrected chi connectivity index (χ1v) is 6.32. The Kier molecular flexibility index (Phi) is 4.19. The summed E-state index contributed by atoms with van der Waals surface area (Å²) in [4.78, 5) is 8.14. The van der Waals surface area contributed by atoms with Gasteiger partial charge in [0.1, 0.15) is 12.1 Å². The largest absolute Gasteiger partial charge is 0.489 e. The average molecular weight is 357 g/mol. The number of anilines is 1. The van der Waals surface area contributed by atoms with E-state index in [0.717, 1.165) is 3.57 Å². The van der Waals surface area contributed by atoms with E-state index in [0.29, 0.717) is 23.2 Å². The maximum Gasteiger partial charge on any atom is 0.268 e. The van der Waals surface area contributed by atoms with Crippen molar-refractivity contribution in [2.45, 2.75) is 0 Å². The monoisotopic (exact) mass is 357 g/mol. The molecule has 0 amide bonds. The summed E-state index contributed by atoms with van der Waals surface area (Å²) >= 11 is 2.22. The number of hydrogen-bond acceptors (Lipinski definition) is 5. The summed E-state index contributed by atoms with van der Waals surface area (Å²) < 4.78 is 12.0. The standard InChI is InChI=1S/C12H12IN3O2/c1-14-11-10(17-2)12(16-7-15-11)18-9-5-3-4-8(13)6-9/h3-7H,1-2H3,(H,14,15,16). The minimum absolute atomic E-state index is 0.388. The Balaban J connectivity index is 2.34. The Bertz CT molecular complexity index is 549. The Morgan fingerprint density at radius 2 is 2.11 bits per heavy atom. The van der Waals surface area contributed by atoms with Gasteiger partial charge in [-0.1, -0.05) is 6.07 Å². The minimum atomic E-state index is 0.388. The van der Waals surface area contributed by atoms with E-state index in [4.69, 9.17) is 9.47 Å². The zero-order chi connectivity index (χ0) is 13.0. The van der Waals surface area contributed by atoms with Crippen LogP contribution >= 0.6 is 22.6 Å². The number of hydrogen-bond donors (Lipinski definition) is 1. The van der Waals surface area contributed by atoms with Crippen molar-refractivity contribution in [3.63, 3.8) is 0 Å². The molecule has 0 unspecified atom stereocenters. The van der Waals surface area contributed by atoms with Crippen LogP contribution in [0, 0.1) is 3.57 Å². The maximum atomic E-state index is 5.70. The number of ether oxygens (including phenoxy) is 2. The highest BCUT2D eigenvalue weighted by atomic mass is 127. The molecule has 94 valence electrons. The summed E-state index contributed by atoms with van der Waals surface area (Å²) in [5.41, 5.74) is 0. The van der Waals surface area contributed by atoms with Gasteiger partial charge in [0.2, 0.25) is 5.75 Å². The lowest BCUT2D eigenvalue weighted by atomic mass is 10.3. The van der Waals surface area contributed by atoms with Crippen LogP contribution in [0.1, 0.15) is 0 Å². The first kappa shape index (κ1) is 12.9. The smallest absolute Gasteiger partial charge is 0.268 e. The van der Waals surface area contributed by atoms with Crippen LogP contribution in [0.25, 0.3) is 0 Å². The van der Waals surface area contributed by atoms with Crippen LogP contribution < -0.4 is 14.8 Å². The molecule has 2 aromatic rings. The predicted molar refractivity (Wildman–Crippen MR) is 77.4 cm³/mol. The summed E-state index contributed by atoms with van der Waals surface area (Å²) in [6.45, 7) is 0. The average Bonchev–Trinajstić information content (AvgIpc) is 2.38. The first-order valence-electron chi connectivity index (χ1n) is 5.24. The van der Waals surface area contributed by atoms with Crippen LogP contribution in [0.3, 0.4) is 0 Å². The number of methoxy groups -OCH3 is 1. The molecule has 1 aromatic carbocycles. The second kappa shape index (κ2) is 5.85. The molecule has 1 aromatic heterocycles. The van der Waals surface area contributed by atoms with Gasteiger partial charge in [-0.15, -0.1) is 0 Å². The van der Waals surface area contributed by atoms with Gasteiger partial charge in [0, 0.05) is 10.6 Å². The van der Waals surface area contributed by atoms with Gasteiger partial charge >= 0.3 is 0 Å². The van der Waals surface area contributed by atoms with Gasteiger partial charge in [-0.2, -0.15) is 4.98 Å². The molecule has 0 atom stereocenters.